The molecule has 0 heterocycles. The molecule has 0 spiro atoms. The molecule has 0 aliphatic heterocycles. The number of rotatable bonds is 3. The van der Waals surface area contributed by atoms with Gasteiger partial charge in [-0.1, -0.05) is 56.0 Å². The lowest BCUT2D eigenvalue weighted by Crippen LogP contribution is -2.40. The van der Waals surface area contributed by atoms with Gasteiger partial charge in [-0.15, -0.1) is 24.0 Å². The Morgan fingerprint density at radius 1 is 1.05 bits per heavy atom. The number of hydrogen-bond acceptors (Lipinski definition) is 1. The van der Waals surface area contributed by atoms with Crippen LogP contribution in [-0.2, 0) is 0 Å². The fraction of sp³-hybridized carbons (Fsp3) is 0.588. The Morgan fingerprint density at radius 3 is 2.38 bits per heavy atom. The Bertz CT molecular complexity index is 452. The normalized spacial score (nSPS) is 26.6. The maximum Gasteiger partial charge on any atom is 0.189 e. The number of halogens is 1. The van der Waals surface area contributed by atoms with Crippen molar-refractivity contribution in [3.05, 3.63) is 35.9 Å². The van der Waals surface area contributed by atoms with Gasteiger partial charge in [-0.25, -0.2) is 4.99 Å². The van der Waals surface area contributed by atoms with Crippen molar-refractivity contribution >= 4 is 29.9 Å². The van der Waals surface area contributed by atoms with Crippen LogP contribution in [0.2, 0.25) is 0 Å². The van der Waals surface area contributed by atoms with Crippen molar-refractivity contribution in [2.75, 3.05) is 0 Å². The lowest BCUT2D eigenvalue weighted by atomic mass is 10.1. The summed E-state index contributed by atoms with van der Waals surface area (Å²) in [5.74, 6) is 1.23. The summed E-state index contributed by atoms with van der Waals surface area (Å²) in [6.45, 7) is 0. The van der Waals surface area contributed by atoms with Gasteiger partial charge in [0.1, 0.15) is 0 Å². The van der Waals surface area contributed by atoms with Crippen LogP contribution in [0.15, 0.2) is 35.3 Å². The zero-order chi connectivity index (χ0) is 13.8. The van der Waals surface area contributed by atoms with E-state index in [9.17, 15) is 0 Å². The standard InChI is InChI=1S/C17H25N3.HI/c18-17(19-14-10-6-1-2-7-11-14)20-16-12-15(16)13-8-4-3-5-9-13;/h3-5,8-9,14-16H,1-2,6-7,10-12H2,(H3,18,19,20);1H. The van der Waals surface area contributed by atoms with Crippen molar-refractivity contribution in [1.29, 1.82) is 0 Å². The van der Waals surface area contributed by atoms with Gasteiger partial charge in [-0.2, -0.15) is 0 Å². The van der Waals surface area contributed by atoms with Crippen LogP contribution in [-0.4, -0.2) is 18.0 Å². The van der Waals surface area contributed by atoms with Crippen molar-refractivity contribution in [2.45, 2.75) is 62.9 Å². The number of nitrogens with one attached hydrogen (secondary N) is 1. The quantitative estimate of drug-likeness (QED) is 0.352. The molecular weight excluding hydrogens is 373 g/mol. The van der Waals surface area contributed by atoms with Crippen LogP contribution in [0.5, 0.6) is 0 Å². The van der Waals surface area contributed by atoms with E-state index < -0.39 is 0 Å². The first-order valence-corrected chi connectivity index (χ1v) is 7.97. The second-order valence-corrected chi connectivity index (χ2v) is 6.17. The fourth-order valence-corrected chi connectivity index (χ4v) is 3.23. The Kier molecular flexibility index (Phi) is 6.33. The number of nitrogens with zero attached hydrogens (tertiary/aromatic N) is 1. The fourth-order valence-electron chi connectivity index (χ4n) is 3.23. The number of guanidine groups is 1. The predicted molar refractivity (Wildman–Crippen MR) is 99.3 cm³/mol. The molecule has 1 aromatic rings. The Morgan fingerprint density at radius 2 is 1.71 bits per heavy atom. The zero-order valence-corrected chi connectivity index (χ0v) is 14.8. The second kappa shape index (κ2) is 8.01. The first kappa shape index (κ1) is 16.6. The van der Waals surface area contributed by atoms with Gasteiger partial charge in [-0.3, -0.25) is 0 Å². The van der Waals surface area contributed by atoms with Gasteiger partial charge in [0, 0.05) is 12.0 Å². The van der Waals surface area contributed by atoms with E-state index in [1.54, 1.807) is 0 Å². The van der Waals surface area contributed by atoms with E-state index in [2.05, 4.69) is 40.6 Å². The molecule has 2 unspecified atom stereocenters. The highest BCUT2D eigenvalue weighted by molar-refractivity contribution is 14.0. The molecule has 21 heavy (non-hydrogen) atoms. The molecule has 2 atom stereocenters. The number of benzene rings is 1. The van der Waals surface area contributed by atoms with E-state index in [4.69, 9.17) is 5.73 Å². The summed E-state index contributed by atoms with van der Waals surface area (Å²) in [4.78, 5) is 4.65. The van der Waals surface area contributed by atoms with E-state index in [-0.39, 0.29) is 24.0 Å². The van der Waals surface area contributed by atoms with Gasteiger partial charge >= 0.3 is 0 Å². The topological polar surface area (TPSA) is 50.4 Å². The van der Waals surface area contributed by atoms with Crippen molar-refractivity contribution in [1.82, 2.24) is 5.32 Å². The molecule has 1 aromatic carbocycles. The van der Waals surface area contributed by atoms with Gasteiger partial charge in [-0.05, 0) is 24.8 Å². The summed E-state index contributed by atoms with van der Waals surface area (Å²) < 4.78 is 0. The van der Waals surface area contributed by atoms with Gasteiger partial charge in [0.2, 0.25) is 0 Å². The average molecular weight is 399 g/mol. The summed E-state index contributed by atoms with van der Waals surface area (Å²) >= 11 is 0. The molecule has 2 saturated carbocycles. The molecule has 3 rings (SSSR count). The first-order valence-electron chi connectivity index (χ1n) is 7.97. The highest BCUT2D eigenvalue weighted by atomic mass is 127. The van der Waals surface area contributed by atoms with Crippen molar-refractivity contribution < 1.29 is 0 Å². The van der Waals surface area contributed by atoms with Crippen LogP contribution in [0.4, 0.5) is 0 Å². The van der Waals surface area contributed by atoms with Crippen LogP contribution in [0.1, 0.15) is 56.4 Å². The SMILES string of the molecule is I.NC(=NC1CC1c1ccccc1)NC1CCCCCC1. The van der Waals surface area contributed by atoms with E-state index in [0.717, 1.165) is 6.42 Å². The van der Waals surface area contributed by atoms with E-state index in [1.165, 1.54) is 44.1 Å². The predicted octanol–water partition coefficient (Wildman–Crippen LogP) is 3.79. The molecule has 3 N–H and O–H groups in total. The van der Waals surface area contributed by atoms with Crippen molar-refractivity contribution in [3.63, 3.8) is 0 Å². The zero-order valence-electron chi connectivity index (χ0n) is 12.5. The molecule has 2 aliphatic carbocycles. The lowest BCUT2D eigenvalue weighted by Gasteiger charge is -2.16. The Labute approximate surface area is 144 Å². The molecule has 3 nitrogen and oxygen atoms in total. The highest BCUT2D eigenvalue weighted by Gasteiger charge is 2.38. The Balaban J connectivity index is 0.00000161. The molecule has 2 fully saturated rings. The molecule has 2 aliphatic rings. The maximum absolute atomic E-state index is 6.08. The summed E-state index contributed by atoms with van der Waals surface area (Å²) in [5.41, 5.74) is 7.47. The van der Waals surface area contributed by atoms with Gasteiger partial charge < -0.3 is 11.1 Å². The summed E-state index contributed by atoms with van der Waals surface area (Å²) in [7, 11) is 0. The van der Waals surface area contributed by atoms with Crippen LogP contribution >= 0.6 is 24.0 Å². The van der Waals surface area contributed by atoms with Gasteiger partial charge in [0.05, 0.1) is 6.04 Å². The third-order valence-corrected chi connectivity index (χ3v) is 4.50. The molecule has 0 radical (unpaired) electrons. The smallest absolute Gasteiger partial charge is 0.189 e. The maximum atomic E-state index is 6.08. The van der Waals surface area contributed by atoms with Gasteiger partial charge in [0.15, 0.2) is 5.96 Å². The number of aliphatic imine (C=N–C) groups is 1. The molecule has 0 bridgehead atoms. The lowest BCUT2D eigenvalue weighted by molar-refractivity contribution is 0.530. The Hall–Kier alpha value is -0.780. The van der Waals surface area contributed by atoms with Crippen molar-refractivity contribution in [2.24, 2.45) is 10.7 Å². The third kappa shape index (κ3) is 4.87. The largest absolute Gasteiger partial charge is 0.370 e. The minimum atomic E-state index is 0. The minimum absolute atomic E-state index is 0. The minimum Gasteiger partial charge on any atom is -0.370 e. The van der Waals surface area contributed by atoms with Gasteiger partial charge in [0.25, 0.3) is 0 Å². The highest BCUT2D eigenvalue weighted by Crippen LogP contribution is 2.43. The van der Waals surface area contributed by atoms with Crippen molar-refractivity contribution in [3.8, 4) is 0 Å². The van der Waals surface area contributed by atoms with E-state index in [1.807, 2.05) is 0 Å². The van der Waals surface area contributed by atoms with Crippen LogP contribution in [0.3, 0.4) is 0 Å². The number of hydrogen-bond donors (Lipinski definition) is 2. The molecule has 4 heteroatoms. The van der Waals surface area contributed by atoms with Crippen LogP contribution in [0, 0.1) is 0 Å². The summed E-state index contributed by atoms with van der Waals surface area (Å²) in [5, 5.41) is 3.43. The molecule has 116 valence electrons. The average Bonchev–Trinajstić information content (AvgIpc) is 3.24. The monoisotopic (exact) mass is 399 g/mol. The third-order valence-electron chi connectivity index (χ3n) is 4.50. The summed E-state index contributed by atoms with van der Waals surface area (Å²) in [6, 6.07) is 11.6. The summed E-state index contributed by atoms with van der Waals surface area (Å²) in [6.07, 6.45) is 8.99. The number of nitrogens with two attached hydrogens (primary N) is 1. The molecule has 0 amide bonds. The van der Waals surface area contributed by atoms with E-state index >= 15 is 0 Å². The molecule has 0 aromatic heterocycles. The second-order valence-electron chi connectivity index (χ2n) is 6.17. The molecular formula is C17H26IN3. The van der Waals surface area contributed by atoms with E-state index in [0.29, 0.717) is 24.0 Å². The van der Waals surface area contributed by atoms with Crippen LogP contribution < -0.4 is 11.1 Å². The molecule has 0 saturated heterocycles. The van der Waals surface area contributed by atoms with Crippen LogP contribution in [0.25, 0.3) is 0 Å². The first-order chi connectivity index (χ1) is 9.83.